The van der Waals surface area contributed by atoms with Crippen LogP contribution in [0.4, 0.5) is 0 Å². The number of rotatable bonds is 7. The van der Waals surface area contributed by atoms with E-state index in [1.807, 2.05) is 30.3 Å². The van der Waals surface area contributed by atoms with Crippen LogP contribution >= 0.6 is 11.6 Å². The Balaban J connectivity index is 1.82. The highest BCUT2D eigenvalue weighted by atomic mass is 35.5. The van der Waals surface area contributed by atoms with Crippen LogP contribution in [0.5, 0.6) is 5.75 Å². The molecular weight excluding hydrogens is 334 g/mol. The van der Waals surface area contributed by atoms with Crippen molar-refractivity contribution in [2.24, 2.45) is 0 Å². The fourth-order valence-corrected chi connectivity index (χ4v) is 3.01. The van der Waals surface area contributed by atoms with Crippen molar-refractivity contribution in [2.75, 3.05) is 20.6 Å². The van der Waals surface area contributed by atoms with E-state index in [-0.39, 0.29) is 0 Å². The Bertz CT molecular complexity index is 840. The Hall–Kier alpha value is -2.04. The third kappa shape index (κ3) is 4.53. The van der Waals surface area contributed by atoms with Gasteiger partial charge in [-0.3, -0.25) is 0 Å². The predicted octanol–water partition coefficient (Wildman–Crippen LogP) is 4.53. The molecule has 0 aliphatic rings. The largest absolute Gasteiger partial charge is 0.486 e. The summed E-state index contributed by atoms with van der Waals surface area (Å²) in [5.41, 5.74) is 3.24. The van der Waals surface area contributed by atoms with Crippen molar-refractivity contribution in [3.63, 3.8) is 0 Å². The van der Waals surface area contributed by atoms with Gasteiger partial charge in [0.2, 0.25) is 0 Å². The Labute approximate surface area is 154 Å². The first-order valence-electron chi connectivity index (χ1n) is 8.52. The van der Waals surface area contributed by atoms with E-state index in [1.54, 1.807) is 0 Å². The molecule has 3 rings (SSSR count). The van der Waals surface area contributed by atoms with Crippen LogP contribution in [0.1, 0.15) is 17.8 Å². The topological polar surface area (TPSA) is 30.3 Å². The molecule has 1 heterocycles. The zero-order valence-electron chi connectivity index (χ0n) is 15.0. The molecule has 0 atom stereocenters. The summed E-state index contributed by atoms with van der Waals surface area (Å²) in [5, 5.41) is 0.705. The third-order valence-electron chi connectivity index (χ3n) is 4.17. The second kappa shape index (κ2) is 7.89. The highest BCUT2D eigenvalue weighted by Crippen LogP contribution is 2.22. The molecule has 0 amide bonds. The molecule has 0 unspecified atom stereocenters. The van der Waals surface area contributed by atoms with Crippen molar-refractivity contribution >= 4 is 22.6 Å². The monoisotopic (exact) mass is 357 g/mol. The summed E-state index contributed by atoms with van der Waals surface area (Å²) >= 11 is 6.13. The first-order chi connectivity index (χ1) is 12.0. The molecule has 4 nitrogen and oxygen atoms in total. The molecule has 0 fully saturated rings. The average Bonchev–Trinajstić information content (AvgIpc) is 2.91. The minimum Gasteiger partial charge on any atom is -0.486 e. The molecule has 132 valence electrons. The lowest BCUT2D eigenvalue weighted by atomic mass is 10.2. The maximum absolute atomic E-state index is 6.13. The van der Waals surface area contributed by atoms with Gasteiger partial charge in [0.15, 0.2) is 0 Å². The second-order valence-electron chi connectivity index (χ2n) is 6.57. The smallest absolute Gasteiger partial charge is 0.147 e. The van der Waals surface area contributed by atoms with Crippen LogP contribution < -0.4 is 4.74 Å². The van der Waals surface area contributed by atoms with E-state index < -0.39 is 0 Å². The van der Waals surface area contributed by atoms with Gasteiger partial charge < -0.3 is 14.2 Å². The molecule has 3 aromatic rings. The van der Waals surface area contributed by atoms with E-state index >= 15 is 0 Å². The van der Waals surface area contributed by atoms with Gasteiger partial charge in [-0.2, -0.15) is 0 Å². The van der Waals surface area contributed by atoms with Gasteiger partial charge in [-0.15, -0.1) is 0 Å². The molecule has 0 aliphatic carbocycles. The zero-order valence-corrected chi connectivity index (χ0v) is 15.8. The van der Waals surface area contributed by atoms with E-state index in [4.69, 9.17) is 21.3 Å². The average molecular weight is 358 g/mol. The molecule has 2 aromatic carbocycles. The summed E-state index contributed by atoms with van der Waals surface area (Å²) in [7, 11) is 4.18. The number of nitrogens with zero attached hydrogens (tertiary/aromatic N) is 3. The summed E-state index contributed by atoms with van der Waals surface area (Å²) in [6.07, 6.45) is 1.05. The Morgan fingerprint density at radius 2 is 1.88 bits per heavy atom. The number of ether oxygens (including phenoxy) is 1. The van der Waals surface area contributed by atoms with Crippen LogP contribution in [-0.4, -0.2) is 35.1 Å². The van der Waals surface area contributed by atoms with Gasteiger partial charge in [0, 0.05) is 11.6 Å². The molecule has 0 aliphatic heterocycles. The number of hydrogen-bond donors (Lipinski definition) is 0. The summed E-state index contributed by atoms with van der Waals surface area (Å²) in [5.74, 6) is 1.78. The number of aryl methyl sites for hydroxylation is 2. The van der Waals surface area contributed by atoms with Crippen LogP contribution in [0.25, 0.3) is 11.0 Å². The van der Waals surface area contributed by atoms with Crippen LogP contribution in [0.15, 0.2) is 42.5 Å². The minimum absolute atomic E-state index is 0.442. The number of aromatic nitrogens is 2. The molecule has 0 radical (unpaired) electrons. The van der Waals surface area contributed by atoms with E-state index in [9.17, 15) is 0 Å². The lowest BCUT2D eigenvalue weighted by Gasteiger charge is -2.13. The number of halogens is 1. The second-order valence-corrected chi connectivity index (χ2v) is 7.01. The molecule has 1 aromatic heterocycles. The number of hydrogen-bond acceptors (Lipinski definition) is 3. The van der Waals surface area contributed by atoms with Crippen molar-refractivity contribution in [1.29, 1.82) is 0 Å². The Morgan fingerprint density at radius 1 is 1.12 bits per heavy atom. The van der Waals surface area contributed by atoms with Gasteiger partial charge in [-0.25, -0.2) is 4.98 Å². The van der Waals surface area contributed by atoms with Crippen LogP contribution in [0, 0.1) is 6.92 Å². The van der Waals surface area contributed by atoms with Gasteiger partial charge in [0.25, 0.3) is 0 Å². The highest BCUT2D eigenvalue weighted by molar-refractivity contribution is 6.31. The van der Waals surface area contributed by atoms with Crippen molar-refractivity contribution in [2.45, 2.75) is 26.5 Å². The first-order valence-corrected chi connectivity index (χ1v) is 8.89. The summed E-state index contributed by atoms with van der Waals surface area (Å²) in [6, 6.07) is 13.9. The molecule has 0 saturated heterocycles. The number of benzene rings is 2. The van der Waals surface area contributed by atoms with E-state index in [2.05, 4.69) is 42.6 Å². The Kier molecular flexibility index (Phi) is 5.61. The highest BCUT2D eigenvalue weighted by Gasteiger charge is 2.12. The maximum atomic E-state index is 6.13. The fourth-order valence-electron chi connectivity index (χ4n) is 2.84. The van der Waals surface area contributed by atoms with Gasteiger partial charge in [-0.05, 0) is 64.3 Å². The van der Waals surface area contributed by atoms with Gasteiger partial charge in [-0.1, -0.05) is 29.3 Å². The van der Waals surface area contributed by atoms with E-state index in [0.717, 1.165) is 42.1 Å². The lowest BCUT2D eigenvalue weighted by molar-refractivity contribution is 0.288. The normalized spacial score (nSPS) is 11.4. The molecule has 25 heavy (non-hydrogen) atoms. The van der Waals surface area contributed by atoms with Crippen molar-refractivity contribution in [3.8, 4) is 5.75 Å². The van der Waals surface area contributed by atoms with Crippen molar-refractivity contribution in [3.05, 3.63) is 58.9 Å². The van der Waals surface area contributed by atoms with Crippen LogP contribution in [-0.2, 0) is 13.2 Å². The first kappa shape index (κ1) is 17.8. The van der Waals surface area contributed by atoms with Gasteiger partial charge >= 0.3 is 0 Å². The Morgan fingerprint density at radius 3 is 2.60 bits per heavy atom. The summed E-state index contributed by atoms with van der Waals surface area (Å²) in [4.78, 5) is 6.94. The number of imidazole rings is 1. The van der Waals surface area contributed by atoms with Gasteiger partial charge in [0.05, 0.1) is 11.0 Å². The quantitative estimate of drug-likeness (QED) is 0.622. The predicted molar refractivity (Wildman–Crippen MR) is 103 cm³/mol. The fraction of sp³-hybridized carbons (Fsp3) is 0.350. The van der Waals surface area contributed by atoms with Crippen molar-refractivity contribution < 1.29 is 4.74 Å². The number of fused-ring (bicyclic) bond motifs is 1. The van der Waals surface area contributed by atoms with E-state index in [1.165, 1.54) is 5.56 Å². The van der Waals surface area contributed by atoms with Crippen molar-refractivity contribution in [1.82, 2.24) is 14.5 Å². The lowest BCUT2D eigenvalue weighted by Crippen LogP contribution is -2.16. The maximum Gasteiger partial charge on any atom is 0.147 e. The molecule has 0 saturated carbocycles. The minimum atomic E-state index is 0.442. The standard InChI is InChI=1S/C20H24ClN3O/c1-15-5-8-17(9-6-15)25-14-20-22-18-13-16(21)7-10-19(18)24(20)12-4-11-23(2)3/h5-10,13H,4,11-12,14H2,1-3H3. The molecule has 0 N–H and O–H groups in total. The van der Waals surface area contributed by atoms with Crippen LogP contribution in [0.2, 0.25) is 5.02 Å². The SMILES string of the molecule is Cc1ccc(OCc2nc3cc(Cl)ccc3n2CCCN(C)C)cc1. The molecule has 0 bridgehead atoms. The molecular formula is C20H24ClN3O. The zero-order chi connectivity index (χ0) is 17.8. The van der Waals surface area contributed by atoms with E-state index in [0.29, 0.717) is 11.6 Å². The van der Waals surface area contributed by atoms with Crippen LogP contribution in [0.3, 0.4) is 0 Å². The molecule has 0 spiro atoms. The molecule has 5 heteroatoms. The summed E-state index contributed by atoms with van der Waals surface area (Å²) in [6.45, 7) is 4.45. The van der Waals surface area contributed by atoms with Gasteiger partial charge in [0.1, 0.15) is 18.2 Å². The summed E-state index contributed by atoms with van der Waals surface area (Å²) < 4.78 is 8.19. The third-order valence-corrected chi connectivity index (χ3v) is 4.40.